The predicted molar refractivity (Wildman–Crippen MR) is 149 cm³/mol. The fourth-order valence-electron chi connectivity index (χ4n) is 5.58. The van der Waals surface area contributed by atoms with Crippen molar-refractivity contribution < 1.29 is 9.53 Å². The molecular weight excluding hydrogens is 454 g/mol. The Morgan fingerprint density at radius 3 is 1.97 bits per heavy atom. The standard InChI is InChI=1S/C34H31NO2/c36-33(25-31(27-12-6-2-7-13-27)28-14-8-3-9-15-28)35-22-20-34(21-23-35)19-18-30-24-29(16-17-32(30)37-34)26-10-4-1-5-11-26/h1-19,24,31H,20-23,25H2. The number of hydrogen-bond donors (Lipinski definition) is 0. The van der Waals surface area contributed by atoms with E-state index < -0.39 is 0 Å². The molecule has 0 bridgehead atoms. The van der Waals surface area contributed by atoms with Crippen LogP contribution in [-0.2, 0) is 4.79 Å². The summed E-state index contributed by atoms with van der Waals surface area (Å²) < 4.78 is 6.57. The zero-order chi connectivity index (χ0) is 25.1. The Hall–Kier alpha value is -4.11. The van der Waals surface area contributed by atoms with E-state index in [0.29, 0.717) is 19.5 Å². The molecule has 2 aliphatic rings. The smallest absolute Gasteiger partial charge is 0.223 e. The van der Waals surface area contributed by atoms with Crippen LogP contribution < -0.4 is 4.74 Å². The Morgan fingerprint density at radius 2 is 1.35 bits per heavy atom. The molecule has 0 unspecified atom stereocenters. The molecule has 3 nitrogen and oxygen atoms in total. The lowest BCUT2D eigenvalue weighted by molar-refractivity contribution is -0.134. The average Bonchev–Trinajstić information content (AvgIpc) is 2.97. The number of likely N-dealkylation sites (tertiary alicyclic amines) is 1. The first kappa shape index (κ1) is 23.3. The van der Waals surface area contributed by atoms with Crippen molar-refractivity contribution in [2.45, 2.75) is 30.8 Å². The summed E-state index contributed by atoms with van der Waals surface area (Å²) in [7, 11) is 0. The van der Waals surface area contributed by atoms with Crippen molar-refractivity contribution in [3.8, 4) is 16.9 Å². The molecule has 0 aromatic heterocycles. The van der Waals surface area contributed by atoms with Gasteiger partial charge in [0.1, 0.15) is 11.4 Å². The maximum atomic E-state index is 13.5. The highest BCUT2D eigenvalue weighted by molar-refractivity contribution is 5.78. The molecule has 6 rings (SSSR count). The summed E-state index contributed by atoms with van der Waals surface area (Å²) in [5.74, 6) is 1.19. The largest absolute Gasteiger partial charge is 0.482 e. The van der Waals surface area contributed by atoms with Crippen LogP contribution >= 0.6 is 0 Å². The molecule has 0 aliphatic carbocycles. The molecule has 4 aromatic carbocycles. The normalized spacial score (nSPS) is 15.9. The number of ether oxygens (including phenoxy) is 1. The molecule has 4 aromatic rings. The van der Waals surface area contributed by atoms with E-state index in [1.165, 1.54) is 22.3 Å². The lowest BCUT2D eigenvalue weighted by Gasteiger charge is -2.42. The molecule has 184 valence electrons. The summed E-state index contributed by atoms with van der Waals surface area (Å²) >= 11 is 0. The highest BCUT2D eigenvalue weighted by Crippen LogP contribution is 2.39. The van der Waals surface area contributed by atoms with Crippen LogP contribution in [0.5, 0.6) is 5.75 Å². The van der Waals surface area contributed by atoms with Crippen molar-refractivity contribution in [2.75, 3.05) is 13.1 Å². The van der Waals surface area contributed by atoms with Gasteiger partial charge in [-0.25, -0.2) is 0 Å². The maximum absolute atomic E-state index is 13.5. The SMILES string of the molecule is O=C(CC(c1ccccc1)c1ccccc1)N1CCC2(C=Cc3cc(-c4ccccc4)ccc3O2)CC1. The minimum Gasteiger partial charge on any atom is -0.482 e. The summed E-state index contributed by atoms with van der Waals surface area (Å²) in [6.45, 7) is 1.41. The number of nitrogens with zero attached hydrogens (tertiary/aromatic N) is 1. The van der Waals surface area contributed by atoms with Crippen LogP contribution in [0.2, 0.25) is 0 Å². The number of fused-ring (bicyclic) bond motifs is 1. The third-order valence-electron chi connectivity index (χ3n) is 7.74. The highest BCUT2D eigenvalue weighted by atomic mass is 16.5. The van der Waals surface area contributed by atoms with E-state index in [-0.39, 0.29) is 17.4 Å². The van der Waals surface area contributed by atoms with Gasteiger partial charge in [0.2, 0.25) is 5.91 Å². The summed E-state index contributed by atoms with van der Waals surface area (Å²) in [5, 5.41) is 0. The average molecular weight is 486 g/mol. The summed E-state index contributed by atoms with van der Waals surface area (Å²) in [4.78, 5) is 15.5. The molecule has 1 fully saturated rings. The van der Waals surface area contributed by atoms with Gasteiger partial charge < -0.3 is 9.64 Å². The summed E-state index contributed by atoms with van der Waals surface area (Å²) in [6, 6.07) is 37.6. The first-order valence-electron chi connectivity index (χ1n) is 13.1. The number of rotatable bonds is 5. The van der Waals surface area contributed by atoms with Gasteiger partial charge in [0, 0.05) is 43.8 Å². The van der Waals surface area contributed by atoms with Gasteiger partial charge in [-0.2, -0.15) is 0 Å². The molecule has 37 heavy (non-hydrogen) atoms. The number of benzene rings is 4. The quantitative estimate of drug-likeness (QED) is 0.296. The molecule has 3 heteroatoms. The van der Waals surface area contributed by atoms with Crippen LogP contribution in [0.25, 0.3) is 17.2 Å². The molecule has 1 saturated heterocycles. The van der Waals surface area contributed by atoms with E-state index in [2.05, 4.69) is 78.9 Å². The topological polar surface area (TPSA) is 29.5 Å². The lowest BCUT2D eigenvalue weighted by Crippen LogP contribution is -2.49. The van der Waals surface area contributed by atoms with Crippen molar-refractivity contribution in [3.63, 3.8) is 0 Å². The zero-order valence-corrected chi connectivity index (χ0v) is 20.9. The van der Waals surface area contributed by atoms with Gasteiger partial charge in [-0.15, -0.1) is 0 Å². The first-order chi connectivity index (χ1) is 18.2. The molecule has 2 heterocycles. The van der Waals surface area contributed by atoms with Gasteiger partial charge in [0.25, 0.3) is 0 Å². The van der Waals surface area contributed by atoms with Crippen molar-refractivity contribution >= 4 is 12.0 Å². The third kappa shape index (κ3) is 4.95. The fourth-order valence-corrected chi connectivity index (χ4v) is 5.58. The van der Waals surface area contributed by atoms with Crippen molar-refractivity contribution in [1.82, 2.24) is 4.90 Å². The van der Waals surface area contributed by atoms with Crippen LogP contribution in [0.3, 0.4) is 0 Å². The predicted octanol–water partition coefficient (Wildman–Crippen LogP) is 7.34. The van der Waals surface area contributed by atoms with Crippen LogP contribution in [-0.4, -0.2) is 29.5 Å². The molecule has 2 aliphatic heterocycles. The van der Waals surface area contributed by atoms with E-state index >= 15 is 0 Å². The maximum Gasteiger partial charge on any atom is 0.223 e. The second-order valence-electron chi connectivity index (χ2n) is 10.1. The van der Waals surface area contributed by atoms with Crippen LogP contribution in [0.1, 0.15) is 41.9 Å². The van der Waals surface area contributed by atoms with Gasteiger partial charge in [-0.05, 0) is 40.5 Å². The van der Waals surface area contributed by atoms with Gasteiger partial charge in [-0.1, -0.05) is 103 Å². The fraction of sp³-hybridized carbons (Fsp3) is 0.206. The van der Waals surface area contributed by atoms with Gasteiger partial charge in [-0.3, -0.25) is 4.79 Å². The highest BCUT2D eigenvalue weighted by Gasteiger charge is 2.38. The van der Waals surface area contributed by atoms with E-state index in [9.17, 15) is 4.79 Å². The Labute approximate surface area is 219 Å². The Bertz CT molecular complexity index is 1350. The molecule has 0 radical (unpaired) electrons. The second kappa shape index (κ2) is 10.1. The van der Waals surface area contributed by atoms with E-state index in [1.54, 1.807) is 0 Å². The Balaban J connectivity index is 1.13. The minimum atomic E-state index is -0.337. The number of hydrogen-bond acceptors (Lipinski definition) is 2. The second-order valence-corrected chi connectivity index (χ2v) is 10.1. The lowest BCUT2D eigenvalue weighted by atomic mass is 9.86. The van der Waals surface area contributed by atoms with Crippen molar-refractivity contribution in [1.29, 1.82) is 0 Å². The molecule has 1 spiro atoms. The van der Waals surface area contributed by atoms with E-state index in [0.717, 1.165) is 24.2 Å². The van der Waals surface area contributed by atoms with E-state index in [4.69, 9.17) is 4.74 Å². The van der Waals surface area contributed by atoms with Crippen molar-refractivity contribution in [3.05, 3.63) is 132 Å². The zero-order valence-electron chi connectivity index (χ0n) is 20.9. The van der Waals surface area contributed by atoms with Crippen LogP contribution in [0.15, 0.2) is 115 Å². The van der Waals surface area contributed by atoms with Gasteiger partial charge in [0.05, 0.1) is 0 Å². The Morgan fingerprint density at radius 1 is 0.757 bits per heavy atom. The number of carbonyl (C=O) groups excluding carboxylic acids is 1. The third-order valence-corrected chi connectivity index (χ3v) is 7.74. The van der Waals surface area contributed by atoms with Gasteiger partial charge >= 0.3 is 0 Å². The van der Waals surface area contributed by atoms with Gasteiger partial charge in [0.15, 0.2) is 0 Å². The molecule has 0 N–H and O–H groups in total. The monoisotopic (exact) mass is 485 g/mol. The summed E-state index contributed by atoms with van der Waals surface area (Å²) in [5.41, 5.74) is 5.53. The minimum absolute atomic E-state index is 0.0577. The molecule has 1 amide bonds. The number of carbonyl (C=O) groups is 1. The van der Waals surface area contributed by atoms with Crippen LogP contribution in [0.4, 0.5) is 0 Å². The first-order valence-corrected chi connectivity index (χ1v) is 13.1. The van der Waals surface area contributed by atoms with Crippen LogP contribution in [0, 0.1) is 0 Å². The van der Waals surface area contributed by atoms with Crippen molar-refractivity contribution in [2.24, 2.45) is 0 Å². The Kier molecular flexibility index (Phi) is 6.36. The summed E-state index contributed by atoms with van der Waals surface area (Å²) in [6.07, 6.45) is 6.49. The van der Waals surface area contributed by atoms with E-state index in [1.807, 2.05) is 47.4 Å². The molecular formula is C34H31NO2. The number of amides is 1. The number of piperidine rings is 1. The molecule has 0 saturated carbocycles. The molecule has 0 atom stereocenters.